The SMILES string of the molecule is N[C@H](c1ccccc1I)C1CC1. The predicted octanol–water partition coefficient (Wildman–Crippen LogP) is 2.70. The largest absolute Gasteiger partial charge is 0.324 e. The molecular formula is C10H12IN. The van der Waals surface area contributed by atoms with E-state index in [2.05, 4.69) is 46.9 Å². The summed E-state index contributed by atoms with van der Waals surface area (Å²) in [5.74, 6) is 0.751. The summed E-state index contributed by atoms with van der Waals surface area (Å²) >= 11 is 2.36. The van der Waals surface area contributed by atoms with Gasteiger partial charge in [0.05, 0.1) is 0 Å². The van der Waals surface area contributed by atoms with Gasteiger partial charge in [0.1, 0.15) is 0 Å². The second-order valence-corrected chi connectivity index (χ2v) is 4.55. The number of rotatable bonds is 2. The van der Waals surface area contributed by atoms with Crippen molar-refractivity contribution in [2.24, 2.45) is 11.7 Å². The Hall–Kier alpha value is -0.0900. The van der Waals surface area contributed by atoms with Crippen molar-refractivity contribution < 1.29 is 0 Å². The second kappa shape index (κ2) is 3.34. The van der Waals surface area contributed by atoms with Crippen LogP contribution in [0.2, 0.25) is 0 Å². The van der Waals surface area contributed by atoms with Crippen LogP contribution in [-0.2, 0) is 0 Å². The van der Waals surface area contributed by atoms with Crippen LogP contribution >= 0.6 is 22.6 Å². The maximum Gasteiger partial charge on any atom is 0.0334 e. The van der Waals surface area contributed by atoms with Crippen LogP contribution in [0.15, 0.2) is 24.3 Å². The zero-order valence-corrected chi connectivity index (χ0v) is 8.99. The lowest BCUT2D eigenvalue weighted by molar-refractivity contribution is 0.630. The molecule has 1 nitrogen and oxygen atoms in total. The van der Waals surface area contributed by atoms with Gasteiger partial charge in [-0.2, -0.15) is 0 Å². The Bertz CT molecular complexity index is 281. The normalized spacial score (nSPS) is 19.2. The molecule has 0 unspecified atom stereocenters. The molecule has 2 rings (SSSR count). The molecule has 1 aromatic carbocycles. The van der Waals surface area contributed by atoms with Gasteiger partial charge in [0, 0.05) is 9.61 Å². The maximum absolute atomic E-state index is 6.10. The number of hydrogen-bond donors (Lipinski definition) is 1. The van der Waals surface area contributed by atoms with Crippen LogP contribution < -0.4 is 5.73 Å². The molecule has 0 saturated heterocycles. The molecular weight excluding hydrogens is 261 g/mol. The Kier molecular flexibility index (Phi) is 2.37. The summed E-state index contributed by atoms with van der Waals surface area (Å²) in [5.41, 5.74) is 7.42. The number of nitrogens with two attached hydrogens (primary N) is 1. The highest BCUT2D eigenvalue weighted by Crippen LogP contribution is 2.40. The minimum absolute atomic E-state index is 0.276. The monoisotopic (exact) mass is 273 g/mol. The van der Waals surface area contributed by atoms with Crippen molar-refractivity contribution in [1.82, 2.24) is 0 Å². The van der Waals surface area contributed by atoms with Gasteiger partial charge in [-0.3, -0.25) is 0 Å². The van der Waals surface area contributed by atoms with Gasteiger partial charge in [0.25, 0.3) is 0 Å². The van der Waals surface area contributed by atoms with Crippen molar-refractivity contribution in [1.29, 1.82) is 0 Å². The minimum Gasteiger partial charge on any atom is -0.324 e. The van der Waals surface area contributed by atoms with Crippen LogP contribution in [0.5, 0.6) is 0 Å². The fraction of sp³-hybridized carbons (Fsp3) is 0.400. The van der Waals surface area contributed by atoms with E-state index in [9.17, 15) is 0 Å². The van der Waals surface area contributed by atoms with Gasteiger partial charge < -0.3 is 5.73 Å². The summed E-state index contributed by atoms with van der Waals surface area (Å²) in [6, 6.07) is 8.67. The molecule has 0 radical (unpaired) electrons. The Balaban J connectivity index is 2.25. The van der Waals surface area contributed by atoms with Gasteiger partial charge in [-0.15, -0.1) is 0 Å². The molecule has 1 saturated carbocycles. The molecule has 1 aliphatic rings. The van der Waals surface area contributed by atoms with Crippen LogP contribution in [0.4, 0.5) is 0 Å². The van der Waals surface area contributed by atoms with E-state index >= 15 is 0 Å². The highest BCUT2D eigenvalue weighted by Gasteiger charge is 2.30. The molecule has 12 heavy (non-hydrogen) atoms. The number of halogens is 1. The smallest absolute Gasteiger partial charge is 0.0334 e. The molecule has 1 atom stereocenters. The third-order valence-corrected chi connectivity index (χ3v) is 3.38. The third kappa shape index (κ3) is 1.64. The zero-order valence-electron chi connectivity index (χ0n) is 6.83. The number of benzene rings is 1. The summed E-state index contributed by atoms with van der Waals surface area (Å²) in [6.07, 6.45) is 2.62. The molecule has 1 aromatic rings. The van der Waals surface area contributed by atoms with E-state index in [1.165, 1.54) is 22.0 Å². The molecule has 1 aliphatic carbocycles. The van der Waals surface area contributed by atoms with Crippen molar-refractivity contribution in [2.45, 2.75) is 18.9 Å². The van der Waals surface area contributed by atoms with Crippen LogP contribution in [-0.4, -0.2) is 0 Å². The molecule has 2 N–H and O–H groups in total. The lowest BCUT2D eigenvalue weighted by Gasteiger charge is -2.11. The van der Waals surface area contributed by atoms with Gasteiger partial charge in [0.2, 0.25) is 0 Å². The van der Waals surface area contributed by atoms with Crippen LogP contribution in [0, 0.1) is 9.49 Å². The summed E-state index contributed by atoms with van der Waals surface area (Å²) in [7, 11) is 0. The Morgan fingerprint density at radius 3 is 2.58 bits per heavy atom. The summed E-state index contributed by atoms with van der Waals surface area (Å²) in [6.45, 7) is 0. The van der Waals surface area contributed by atoms with Gasteiger partial charge in [-0.05, 0) is 53.0 Å². The van der Waals surface area contributed by atoms with Crippen molar-refractivity contribution in [3.63, 3.8) is 0 Å². The molecule has 2 heteroatoms. The van der Waals surface area contributed by atoms with E-state index in [0.29, 0.717) is 0 Å². The summed E-state index contributed by atoms with van der Waals surface area (Å²) in [4.78, 5) is 0. The lowest BCUT2D eigenvalue weighted by Crippen LogP contribution is -2.13. The Morgan fingerprint density at radius 2 is 2.00 bits per heavy atom. The van der Waals surface area contributed by atoms with Crippen molar-refractivity contribution in [3.8, 4) is 0 Å². The van der Waals surface area contributed by atoms with Gasteiger partial charge in [-0.1, -0.05) is 18.2 Å². The third-order valence-electron chi connectivity index (χ3n) is 2.39. The second-order valence-electron chi connectivity index (χ2n) is 3.38. The van der Waals surface area contributed by atoms with Crippen LogP contribution in [0.3, 0.4) is 0 Å². The zero-order chi connectivity index (χ0) is 8.55. The topological polar surface area (TPSA) is 26.0 Å². The molecule has 0 aliphatic heterocycles. The standard InChI is InChI=1S/C10H12IN/c11-9-4-2-1-3-8(9)10(12)7-5-6-7/h1-4,7,10H,5-6,12H2/t10-/m0/s1. The van der Waals surface area contributed by atoms with Crippen molar-refractivity contribution in [3.05, 3.63) is 33.4 Å². The van der Waals surface area contributed by atoms with Gasteiger partial charge >= 0.3 is 0 Å². The molecule has 0 aromatic heterocycles. The van der Waals surface area contributed by atoms with E-state index in [-0.39, 0.29) is 6.04 Å². The summed E-state index contributed by atoms with van der Waals surface area (Å²) < 4.78 is 1.30. The van der Waals surface area contributed by atoms with E-state index in [4.69, 9.17) is 5.73 Å². The average molecular weight is 273 g/mol. The van der Waals surface area contributed by atoms with Crippen LogP contribution in [0.25, 0.3) is 0 Å². The molecule has 0 spiro atoms. The minimum atomic E-state index is 0.276. The molecule has 0 bridgehead atoms. The highest BCUT2D eigenvalue weighted by atomic mass is 127. The first-order valence-electron chi connectivity index (χ1n) is 4.29. The number of hydrogen-bond acceptors (Lipinski definition) is 1. The van der Waals surface area contributed by atoms with Gasteiger partial charge in [-0.25, -0.2) is 0 Å². The van der Waals surface area contributed by atoms with Gasteiger partial charge in [0.15, 0.2) is 0 Å². The molecule has 0 heterocycles. The summed E-state index contributed by atoms with van der Waals surface area (Å²) in [5, 5.41) is 0. The molecule has 1 fully saturated rings. The van der Waals surface area contributed by atoms with E-state index in [0.717, 1.165) is 5.92 Å². The Labute approximate surface area is 86.5 Å². The fourth-order valence-corrected chi connectivity index (χ4v) is 2.20. The van der Waals surface area contributed by atoms with E-state index in [1.54, 1.807) is 0 Å². The van der Waals surface area contributed by atoms with E-state index in [1.807, 2.05) is 0 Å². The maximum atomic E-state index is 6.10. The lowest BCUT2D eigenvalue weighted by atomic mass is 10.0. The van der Waals surface area contributed by atoms with Crippen molar-refractivity contribution >= 4 is 22.6 Å². The van der Waals surface area contributed by atoms with Crippen molar-refractivity contribution in [2.75, 3.05) is 0 Å². The van der Waals surface area contributed by atoms with E-state index < -0.39 is 0 Å². The fourth-order valence-electron chi connectivity index (χ4n) is 1.45. The molecule has 64 valence electrons. The average Bonchev–Trinajstić information content (AvgIpc) is 2.86. The first-order chi connectivity index (χ1) is 5.79. The van der Waals surface area contributed by atoms with Crippen LogP contribution in [0.1, 0.15) is 24.4 Å². The first kappa shape index (κ1) is 8.51. The first-order valence-corrected chi connectivity index (χ1v) is 5.37. The molecule has 0 amide bonds. The Morgan fingerprint density at radius 1 is 1.33 bits per heavy atom. The predicted molar refractivity (Wildman–Crippen MR) is 58.8 cm³/mol. The highest BCUT2D eigenvalue weighted by molar-refractivity contribution is 14.1. The quantitative estimate of drug-likeness (QED) is 0.824.